The SMILES string of the molecule is COc1ccc([C@H]2[C@@H](C(=O)Nc3ccccc3)C(=O)C[C@@](C)(O)[C@H]2C(=O)Nc2ccccc2)cc1. The number of ether oxygens (including phenoxy) is 1. The molecule has 1 saturated carbocycles. The first-order valence-electron chi connectivity index (χ1n) is 11.4. The van der Waals surface area contributed by atoms with Gasteiger partial charge in [0.1, 0.15) is 17.5 Å². The molecule has 3 aromatic carbocycles. The monoisotopic (exact) mass is 472 g/mol. The number of nitrogens with one attached hydrogen (secondary N) is 2. The van der Waals surface area contributed by atoms with Crippen LogP contribution in [0.15, 0.2) is 84.9 Å². The minimum absolute atomic E-state index is 0.320. The molecule has 0 heterocycles. The summed E-state index contributed by atoms with van der Waals surface area (Å²) in [4.78, 5) is 40.3. The molecule has 0 saturated heterocycles. The van der Waals surface area contributed by atoms with Crippen molar-refractivity contribution in [3.63, 3.8) is 0 Å². The highest BCUT2D eigenvalue weighted by molar-refractivity contribution is 6.10. The summed E-state index contributed by atoms with van der Waals surface area (Å²) in [6.07, 6.45) is -0.320. The third kappa shape index (κ3) is 5.25. The van der Waals surface area contributed by atoms with Crippen molar-refractivity contribution in [1.82, 2.24) is 0 Å². The van der Waals surface area contributed by atoms with E-state index in [1.807, 2.05) is 12.1 Å². The Balaban J connectivity index is 1.76. The number of anilines is 2. The second kappa shape index (κ2) is 10.1. The van der Waals surface area contributed by atoms with Crippen molar-refractivity contribution in [2.75, 3.05) is 17.7 Å². The summed E-state index contributed by atoms with van der Waals surface area (Å²) < 4.78 is 5.25. The molecule has 4 atom stereocenters. The molecule has 1 fully saturated rings. The molecule has 3 aromatic rings. The highest BCUT2D eigenvalue weighted by atomic mass is 16.5. The molecule has 0 aliphatic heterocycles. The second-order valence-electron chi connectivity index (χ2n) is 8.97. The van der Waals surface area contributed by atoms with Crippen LogP contribution in [0.2, 0.25) is 0 Å². The van der Waals surface area contributed by atoms with Gasteiger partial charge >= 0.3 is 0 Å². The van der Waals surface area contributed by atoms with Crippen LogP contribution < -0.4 is 15.4 Å². The van der Waals surface area contributed by atoms with Crippen molar-refractivity contribution in [3.8, 4) is 5.75 Å². The smallest absolute Gasteiger partial charge is 0.235 e. The zero-order chi connectivity index (χ0) is 25.0. The number of Topliss-reactive ketones (excluding diaryl/α,β-unsaturated/α-hetero) is 1. The summed E-state index contributed by atoms with van der Waals surface area (Å²) in [6, 6.07) is 24.6. The Morgan fingerprint density at radius 1 is 0.857 bits per heavy atom. The number of hydrogen-bond acceptors (Lipinski definition) is 5. The van der Waals surface area contributed by atoms with Crippen LogP contribution in [0.4, 0.5) is 11.4 Å². The number of methoxy groups -OCH3 is 1. The third-order valence-corrected chi connectivity index (χ3v) is 6.42. The van der Waals surface area contributed by atoms with Crippen LogP contribution in [0.5, 0.6) is 5.75 Å². The lowest BCUT2D eigenvalue weighted by atomic mass is 9.61. The molecule has 0 bridgehead atoms. The van der Waals surface area contributed by atoms with Crippen molar-refractivity contribution >= 4 is 29.0 Å². The molecule has 7 heteroatoms. The highest BCUT2D eigenvalue weighted by Gasteiger charge is 2.55. The van der Waals surface area contributed by atoms with E-state index in [-0.39, 0.29) is 6.42 Å². The minimum Gasteiger partial charge on any atom is -0.497 e. The molecule has 1 aliphatic carbocycles. The zero-order valence-corrected chi connectivity index (χ0v) is 19.6. The van der Waals surface area contributed by atoms with E-state index < -0.39 is 41.0 Å². The molecule has 0 radical (unpaired) electrons. The van der Waals surface area contributed by atoms with Gasteiger partial charge in [-0.25, -0.2) is 0 Å². The number of para-hydroxylation sites is 2. The van der Waals surface area contributed by atoms with Crippen molar-refractivity contribution in [1.29, 1.82) is 0 Å². The predicted octanol–water partition coefficient (Wildman–Crippen LogP) is 4.01. The number of hydrogen-bond donors (Lipinski definition) is 3. The van der Waals surface area contributed by atoms with Crippen LogP contribution in [0.3, 0.4) is 0 Å². The summed E-state index contributed by atoms with van der Waals surface area (Å²) in [6.45, 7) is 1.47. The number of carbonyl (C=O) groups is 3. The molecular formula is C28H28N2O5. The summed E-state index contributed by atoms with van der Waals surface area (Å²) in [5.41, 5.74) is 0.0234. The molecule has 0 unspecified atom stereocenters. The first-order chi connectivity index (χ1) is 16.8. The number of aliphatic hydroxyl groups is 1. The largest absolute Gasteiger partial charge is 0.497 e. The van der Waals surface area contributed by atoms with Gasteiger partial charge in [0.2, 0.25) is 11.8 Å². The summed E-state index contributed by atoms with van der Waals surface area (Å²) in [5, 5.41) is 17.0. The fourth-order valence-electron chi connectivity index (χ4n) is 4.80. The van der Waals surface area contributed by atoms with E-state index in [4.69, 9.17) is 4.74 Å². The maximum absolute atomic E-state index is 13.6. The Labute approximate surface area is 204 Å². The van der Waals surface area contributed by atoms with E-state index in [9.17, 15) is 19.5 Å². The lowest BCUT2D eigenvalue weighted by Crippen LogP contribution is -2.56. The van der Waals surface area contributed by atoms with Gasteiger partial charge in [-0.05, 0) is 48.9 Å². The fraction of sp³-hybridized carbons (Fsp3) is 0.250. The predicted molar refractivity (Wildman–Crippen MR) is 133 cm³/mol. The second-order valence-corrected chi connectivity index (χ2v) is 8.97. The minimum atomic E-state index is -1.66. The van der Waals surface area contributed by atoms with Crippen molar-refractivity contribution in [2.24, 2.45) is 11.8 Å². The molecule has 180 valence electrons. The van der Waals surface area contributed by atoms with Gasteiger partial charge < -0.3 is 20.5 Å². The zero-order valence-electron chi connectivity index (χ0n) is 19.6. The van der Waals surface area contributed by atoms with Gasteiger partial charge in [0, 0.05) is 23.7 Å². The quantitative estimate of drug-likeness (QED) is 0.470. The van der Waals surface area contributed by atoms with Crippen LogP contribution in [-0.2, 0) is 14.4 Å². The highest BCUT2D eigenvalue weighted by Crippen LogP contribution is 2.46. The normalized spacial score (nSPS) is 23.9. The average molecular weight is 473 g/mol. The number of amides is 2. The third-order valence-electron chi connectivity index (χ3n) is 6.42. The Morgan fingerprint density at radius 2 is 1.37 bits per heavy atom. The fourth-order valence-corrected chi connectivity index (χ4v) is 4.80. The number of ketones is 1. The Kier molecular flexibility index (Phi) is 6.98. The van der Waals surface area contributed by atoms with Gasteiger partial charge in [-0.1, -0.05) is 48.5 Å². The molecule has 7 nitrogen and oxygen atoms in total. The van der Waals surface area contributed by atoms with Crippen LogP contribution in [0, 0.1) is 11.8 Å². The van der Waals surface area contributed by atoms with Crippen LogP contribution in [0.1, 0.15) is 24.8 Å². The van der Waals surface area contributed by atoms with E-state index in [2.05, 4.69) is 10.6 Å². The van der Waals surface area contributed by atoms with Crippen LogP contribution >= 0.6 is 0 Å². The molecule has 2 amide bonds. The molecule has 4 rings (SSSR count). The molecular weight excluding hydrogens is 444 g/mol. The standard InChI is InChI=1S/C28H28N2O5/c1-28(34)17-22(31)24(26(32)29-19-9-5-3-6-10-19)23(18-13-15-21(35-2)16-14-18)25(28)27(33)30-20-11-7-4-8-12-20/h3-16,23-25,34H,17H2,1-2H3,(H,29,32)(H,30,33)/t23-,24-,25+,28+/m0/s1. The van der Waals surface area contributed by atoms with Crippen LogP contribution in [0.25, 0.3) is 0 Å². The first-order valence-corrected chi connectivity index (χ1v) is 11.4. The van der Waals surface area contributed by atoms with Gasteiger partial charge in [0.25, 0.3) is 0 Å². The van der Waals surface area contributed by atoms with E-state index in [0.717, 1.165) is 0 Å². The van der Waals surface area contributed by atoms with E-state index in [0.29, 0.717) is 22.7 Å². The Hall–Kier alpha value is -3.97. The van der Waals surface area contributed by atoms with Crippen LogP contribution in [-0.4, -0.2) is 35.4 Å². The number of carbonyl (C=O) groups excluding carboxylic acids is 3. The lowest BCUT2D eigenvalue weighted by Gasteiger charge is -2.44. The average Bonchev–Trinajstić information content (AvgIpc) is 2.84. The molecule has 3 N–H and O–H groups in total. The number of benzene rings is 3. The summed E-state index contributed by atoms with van der Waals surface area (Å²) in [7, 11) is 1.54. The summed E-state index contributed by atoms with van der Waals surface area (Å²) in [5.74, 6) is -3.95. The molecule has 35 heavy (non-hydrogen) atoms. The van der Waals surface area contributed by atoms with Crippen molar-refractivity contribution < 1.29 is 24.2 Å². The number of rotatable bonds is 6. The van der Waals surface area contributed by atoms with Crippen molar-refractivity contribution in [2.45, 2.75) is 24.9 Å². The van der Waals surface area contributed by atoms with Gasteiger partial charge in [-0.2, -0.15) is 0 Å². The maximum Gasteiger partial charge on any atom is 0.235 e. The maximum atomic E-state index is 13.6. The van der Waals surface area contributed by atoms with Crippen molar-refractivity contribution in [3.05, 3.63) is 90.5 Å². The Morgan fingerprint density at radius 3 is 1.89 bits per heavy atom. The molecule has 0 aromatic heterocycles. The molecule has 1 aliphatic rings. The van der Waals surface area contributed by atoms with E-state index in [1.54, 1.807) is 72.8 Å². The van der Waals surface area contributed by atoms with Gasteiger partial charge in [-0.15, -0.1) is 0 Å². The van der Waals surface area contributed by atoms with E-state index in [1.165, 1.54) is 14.0 Å². The Bertz CT molecular complexity index is 1190. The van der Waals surface area contributed by atoms with Gasteiger partial charge in [0.15, 0.2) is 0 Å². The van der Waals surface area contributed by atoms with E-state index >= 15 is 0 Å². The topological polar surface area (TPSA) is 105 Å². The molecule has 0 spiro atoms. The van der Waals surface area contributed by atoms with Gasteiger partial charge in [-0.3, -0.25) is 14.4 Å². The first kappa shape index (κ1) is 24.2. The summed E-state index contributed by atoms with van der Waals surface area (Å²) >= 11 is 0. The lowest BCUT2D eigenvalue weighted by molar-refractivity contribution is -0.150. The van der Waals surface area contributed by atoms with Gasteiger partial charge in [0.05, 0.1) is 18.6 Å².